The van der Waals surface area contributed by atoms with Crippen LogP contribution in [-0.2, 0) is 14.8 Å². The van der Waals surface area contributed by atoms with Gasteiger partial charge in [0.2, 0.25) is 10.0 Å². The van der Waals surface area contributed by atoms with Crippen LogP contribution in [0.2, 0.25) is 0 Å². The number of rotatable bonds is 8. The van der Waals surface area contributed by atoms with E-state index in [1.54, 1.807) is 24.3 Å². The number of aromatic hydroxyl groups is 1. The molecule has 0 fully saturated rings. The van der Waals surface area contributed by atoms with Gasteiger partial charge in [-0.3, -0.25) is 9.10 Å². The first-order chi connectivity index (χ1) is 13.6. The maximum atomic E-state index is 12.2. The number of benzene rings is 2. The predicted molar refractivity (Wildman–Crippen MR) is 113 cm³/mol. The second-order valence-corrected chi connectivity index (χ2v) is 8.65. The monoisotopic (exact) mass is 419 g/mol. The van der Waals surface area contributed by atoms with Gasteiger partial charge in [0.05, 0.1) is 25.3 Å². The quantitative estimate of drug-likeness (QED) is 0.505. The van der Waals surface area contributed by atoms with Crippen molar-refractivity contribution in [1.82, 2.24) is 5.43 Å². The first kappa shape index (κ1) is 22.2. The number of carbonyl (C=O) groups excluding carboxylic acids is 1. The Kier molecular flexibility index (Phi) is 7.22. The highest BCUT2D eigenvalue weighted by molar-refractivity contribution is 7.92. The van der Waals surface area contributed by atoms with Gasteiger partial charge in [-0.2, -0.15) is 5.10 Å². The van der Waals surface area contributed by atoms with Crippen LogP contribution < -0.4 is 14.5 Å². The highest BCUT2D eigenvalue weighted by atomic mass is 32.2. The summed E-state index contributed by atoms with van der Waals surface area (Å²) in [6.45, 7) is 3.67. The summed E-state index contributed by atoms with van der Waals surface area (Å²) in [5.41, 5.74) is 4.37. The van der Waals surface area contributed by atoms with Crippen molar-refractivity contribution in [2.24, 2.45) is 5.10 Å². The molecular formula is C20H25N3O5S. The summed E-state index contributed by atoms with van der Waals surface area (Å²) in [5, 5.41) is 13.4. The molecule has 0 saturated carbocycles. The molecule has 0 aromatic heterocycles. The molecule has 2 aromatic rings. The summed E-state index contributed by atoms with van der Waals surface area (Å²) in [4.78, 5) is 12.2. The standard InChI is InChI=1S/C20H25N3O5S/c1-14(2)16-6-8-17(9-7-16)23(29(4,26)27)13-20(25)22-21-12-15-5-10-18(24)19(11-15)28-3/h5-12,14,24H,13H2,1-4H3,(H,22,25)/b21-12-. The third kappa shape index (κ3) is 6.21. The van der Waals surface area contributed by atoms with Crippen LogP contribution in [0.4, 0.5) is 5.69 Å². The Morgan fingerprint density at radius 1 is 1.24 bits per heavy atom. The van der Waals surface area contributed by atoms with Gasteiger partial charge in [-0.15, -0.1) is 0 Å². The number of hydrogen-bond donors (Lipinski definition) is 2. The minimum atomic E-state index is -3.66. The Morgan fingerprint density at radius 3 is 2.45 bits per heavy atom. The lowest BCUT2D eigenvalue weighted by Gasteiger charge is -2.21. The molecule has 2 rings (SSSR count). The fourth-order valence-electron chi connectivity index (χ4n) is 2.54. The molecule has 29 heavy (non-hydrogen) atoms. The molecule has 2 aromatic carbocycles. The second-order valence-electron chi connectivity index (χ2n) is 6.74. The van der Waals surface area contributed by atoms with Gasteiger partial charge < -0.3 is 9.84 Å². The van der Waals surface area contributed by atoms with Crippen molar-refractivity contribution in [3.05, 3.63) is 53.6 Å². The number of anilines is 1. The predicted octanol–water partition coefficient (Wildman–Crippen LogP) is 2.44. The third-order valence-corrected chi connectivity index (χ3v) is 5.28. The van der Waals surface area contributed by atoms with Gasteiger partial charge in [0, 0.05) is 0 Å². The molecule has 0 aliphatic heterocycles. The maximum Gasteiger partial charge on any atom is 0.260 e. The van der Waals surface area contributed by atoms with Crippen molar-refractivity contribution >= 4 is 27.8 Å². The molecule has 0 atom stereocenters. The number of hydrazone groups is 1. The van der Waals surface area contributed by atoms with Gasteiger partial charge in [-0.05, 0) is 47.4 Å². The fraction of sp³-hybridized carbons (Fsp3) is 0.300. The van der Waals surface area contributed by atoms with Gasteiger partial charge in [0.1, 0.15) is 6.54 Å². The Morgan fingerprint density at radius 2 is 1.90 bits per heavy atom. The average Bonchev–Trinajstić information content (AvgIpc) is 2.66. The Balaban J connectivity index is 2.09. The fourth-order valence-corrected chi connectivity index (χ4v) is 3.40. The maximum absolute atomic E-state index is 12.2. The zero-order valence-electron chi connectivity index (χ0n) is 16.8. The van der Waals surface area contributed by atoms with Crippen molar-refractivity contribution in [1.29, 1.82) is 0 Å². The first-order valence-electron chi connectivity index (χ1n) is 8.88. The lowest BCUT2D eigenvalue weighted by molar-refractivity contribution is -0.119. The number of ether oxygens (including phenoxy) is 1. The van der Waals surface area contributed by atoms with Crippen LogP contribution in [0.5, 0.6) is 11.5 Å². The molecule has 0 aliphatic carbocycles. The lowest BCUT2D eigenvalue weighted by Crippen LogP contribution is -2.39. The summed E-state index contributed by atoms with van der Waals surface area (Å²) in [6, 6.07) is 11.6. The van der Waals surface area contributed by atoms with Crippen LogP contribution in [0.3, 0.4) is 0 Å². The van der Waals surface area contributed by atoms with E-state index in [0.717, 1.165) is 16.1 Å². The number of sulfonamides is 1. The van der Waals surface area contributed by atoms with Crippen molar-refractivity contribution in [2.45, 2.75) is 19.8 Å². The van der Waals surface area contributed by atoms with E-state index in [1.807, 2.05) is 26.0 Å². The largest absolute Gasteiger partial charge is 0.504 e. The van der Waals surface area contributed by atoms with Gasteiger partial charge in [-0.25, -0.2) is 13.8 Å². The van der Waals surface area contributed by atoms with E-state index in [0.29, 0.717) is 17.2 Å². The minimum Gasteiger partial charge on any atom is -0.504 e. The Labute approximate surface area is 170 Å². The molecule has 0 unspecified atom stereocenters. The zero-order valence-corrected chi connectivity index (χ0v) is 17.6. The molecule has 2 N–H and O–H groups in total. The van der Waals surface area contributed by atoms with Gasteiger partial charge in [0.15, 0.2) is 11.5 Å². The Bertz CT molecular complexity index is 986. The van der Waals surface area contributed by atoms with E-state index in [9.17, 15) is 18.3 Å². The van der Waals surface area contributed by atoms with Crippen LogP contribution in [0.25, 0.3) is 0 Å². The molecule has 0 saturated heterocycles. The summed E-state index contributed by atoms with van der Waals surface area (Å²) >= 11 is 0. The van der Waals surface area contributed by atoms with E-state index in [2.05, 4.69) is 10.5 Å². The first-order valence-corrected chi connectivity index (χ1v) is 10.7. The van der Waals surface area contributed by atoms with Crippen molar-refractivity contribution in [2.75, 3.05) is 24.2 Å². The number of nitrogens with zero attached hydrogens (tertiary/aromatic N) is 2. The Hall–Kier alpha value is -3.07. The van der Waals surface area contributed by atoms with E-state index >= 15 is 0 Å². The summed E-state index contributed by atoms with van der Waals surface area (Å²) in [6.07, 6.45) is 2.41. The number of carbonyl (C=O) groups is 1. The summed E-state index contributed by atoms with van der Waals surface area (Å²) in [5.74, 6) is -0.0217. The topological polar surface area (TPSA) is 108 Å². The number of nitrogens with one attached hydrogen (secondary N) is 1. The van der Waals surface area contributed by atoms with E-state index in [4.69, 9.17) is 4.74 Å². The lowest BCUT2D eigenvalue weighted by atomic mass is 10.0. The smallest absolute Gasteiger partial charge is 0.260 e. The molecule has 0 bridgehead atoms. The summed E-state index contributed by atoms with van der Waals surface area (Å²) in [7, 11) is -2.24. The molecule has 9 heteroatoms. The van der Waals surface area contributed by atoms with Crippen LogP contribution in [0.15, 0.2) is 47.6 Å². The molecule has 0 radical (unpaired) electrons. The van der Waals surface area contributed by atoms with Crippen LogP contribution in [-0.4, -0.2) is 45.6 Å². The molecule has 0 heterocycles. The summed E-state index contributed by atoms with van der Waals surface area (Å²) < 4.78 is 30.3. The van der Waals surface area contributed by atoms with Crippen molar-refractivity contribution < 1.29 is 23.1 Å². The number of phenolic OH excluding ortho intramolecular Hbond substituents is 1. The number of phenols is 1. The SMILES string of the molecule is COc1cc(/C=N\NC(=O)CN(c2ccc(C(C)C)cc2)S(C)(=O)=O)ccc1O. The second kappa shape index (κ2) is 9.42. The molecule has 0 spiro atoms. The van der Waals surface area contributed by atoms with Gasteiger partial charge in [0.25, 0.3) is 5.91 Å². The van der Waals surface area contributed by atoms with E-state index < -0.39 is 22.5 Å². The third-order valence-electron chi connectivity index (χ3n) is 4.14. The molecular weight excluding hydrogens is 394 g/mol. The number of amides is 1. The molecule has 8 nitrogen and oxygen atoms in total. The van der Waals surface area contributed by atoms with Gasteiger partial charge >= 0.3 is 0 Å². The van der Waals surface area contributed by atoms with Crippen molar-refractivity contribution in [3.8, 4) is 11.5 Å². The van der Waals surface area contributed by atoms with Crippen molar-refractivity contribution in [3.63, 3.8) is 0 Å². The molecule has 0 aliphatic rings. The highest BCUT2D eigenvalue weighted by Gasteiger charge is 2.20. The number of hydrogen-bond acceptors (Lipinski definition) is 6. The molecule has 1 amide bonds. The van der Waals surface area contributed by atoms with Crippen LogP contribution >= 0.6 is 0 Å². The van der Waals surface area contributed by atoms with Crippen LogP contribution in [0, 0.1) is 0 Å². The highest BCUT2D eigenvalue weighted by Crippen LogP contribution is 2.25. The molecule has 156 valence electrons. The normalized spacial score (nSPS) is 11.6. The zero-order chi connectivity index (χ0) is 21.6. The van der Waals surface area contributed by atoms with E-state index in [-0.39, 0.29) is 11.5 Å². The minimum absolute atomic E-state index is 0.0130. The number of methoxy groups -OCH3 is 1. The van der Waals surface area contributed by atoms with Gasteiger partial charge in [-0.1, -0.05) is 26.0 Å². The van der Waals surface area contributed by atoms with E-state index in [1.165, 1.54) is 19.4 Å². The average molecular weight is 420 g/mol. The van der Waals surface area contributed by atoms with Crippen LogP contribution in [0.1, 0.15) is 30.9 Å².